The number of nitrogens with two attached hydrogens (primary N) is 1. The molecule has 2 rings (SSSR count). The number of hydrogen-bond donors (Lipinski definition) is 3. The molecule has 0 saturated heterocycles. The minimum absolute atomic E-state index is 0.130. The largest absolute Gasteiger partial charge is 0.396 e. The second-order valence-electron chi connectivity index (χ2n) is 4.08. The fourth-order valence-corrected chi connectivity index (χ4v) is 1.69. The Morgan fingerprint density at radius 1 is 1.37 bits per heavy atom. The fraction of sp³-hybridized carbons (Fsp3) is 0.455. The van der Waals surface area contributed by atoms with Crippen LogP contribution in [0.3, 0.4) is 0 Å². The van der Waals surface area contributed by atoms with Gasteiger partial charge in [0.2, 0.25) is 5.91 Å². The maximum absolute atomic E-state index is 11.7. The maximum Gasteiger partial charge on any atom is 0.240 e. The Morgan fingerprint density at radius 3 is 3.00 bits per heavy atom. The number of nitrogens with zero attached hydrogens (tertiary/aromatic N) is 4. The second kappa shape index (κ2) is 6.10. The molecule has 0 saturated carbocycles. The number of nitrogen functional groups attached to an aromatic ring is 1. The van der Waals surface area contributed by atoms with Crippen molar-refractivity contribution in [3.05, 3.63) is 12.7 Å². The van der Waals surface area contributed by atoms with Crippen LogP contribution in [-0.4, -0.2) is 43.7 Å². The van der Waals surface area contributed by atoms with Crippen LogP contribution in [0.5, 0.6) is 0 Å². The maximum atomic E-state index is 11.7. The summed E-state index contributed by atoms with van der Waals surface area (Å²) in [7, 11) is 0. The summed E-state index contributed by atoms with van der Waals surface area (Å²) in [5, 5.41) is 11.4. The van der Waals surface area contributed by atoms with E-state index in [9.17, 15) is 4.79 Å². The molecule has 0 fully saturated rings. The molecule has 0 atom stereocenters. The van der Waals surface area contributed by atoms with Crippen LogP contribution in [0.25, 0.3) is 11.2 Å². The minimum Gasteiger partial charge on any atom is -0.396 e. The van der Waals surface area contributed by atoms with Crippen LogP contribution in [0.15, 0.2) is 12.7 Å². The van der Waals surface area contributed by atoms with E-state index in [1.165, 1.54) is 12.7 Å². The normalized spacial score (nSPS) is 10.8. The van der Waals surface area contributed by atoms with Gasteiger partial charge in [-0.25, -0.2) is 15.0 Å². The highest BCUT2D eigenvalue weighted by Crippen LogP contribution is 2.13. The smallest absolute Gasteiger partial charge is 0.240 e. The first kappa shape index (κ1) is 13.2. The van der Waals surface area contributed by atoms with Gasteiger partial charge >= 0.3 is 0 Å². The first-order chi connectivity index (χ1) is 9.22. The molecule has 4 N–H and O–H groups in total. The van der Waals surface area contributed by atoms with Crippen LogP contribution in [0, 0.1) is 0 Å². The summed E-state index contributed by atoms with van der Waals surface area (Å²) in [6.45, 7) is 0.813. The molecule has 0 spiro atoms. The van der Waals surface area contributed by atoms with Gasteiger partial charge < -0.3 is 20.7 Å². The van der Waals surface area contributed by atoms with E-state index >= 15 is 0 Å². The third kappa shape index (κ3) is 3.16. The van der Waals surface area contributed by atoms with Crippen molar-refractivity contribution in [3.8, 4) is 0 Å². The van der Waals surface area contributed by atoms with E-state index < -0.39 is 0 Å². The van der Waals surface area contributed by atoms with E-state index in [1.807, 2.05) is 0 Å². The molecule has 8 heteroatoms. The molecule has 0 aliphatic rings. The first-order valence-electron chi connectivity index (χ1n) is 6.01. The Morgan fingerprint density at radius 2 is 2.21 bits per heavy atom. The van der Waals surface area contributed by atoms with Crippen LogP contribution in [0.4, 0.5) is 5.82 Å². The fourth-order valence-electron chi connectivity index (χ4n) is 1.69. The zero-order chi connectivity index (χ0) is 13.7. The Kier molecular flexibility index (Phi) is 4.24. The van der Waals surface area contributed by atoms with Crippen molar-refractivity contribution >= 4 is 22.9 Å². The number of fused-ring (bicyclic) bond motifs is 1. The van der Waals surface area contributed by atoms with Crippen molar-refractivity contribution in [3.63, 3.8) is 0 Å². The third-order valence-electron chi connectivity index (χ3n) is 2.65. The van der Waals surface area contributed by atoms with Gasteiger partial charge in [-0.05, 0) is 12.8 Å². The van der Waals surface area contributed by atoms with Gasteiger partial charge in [-0.15, -0.1) is 0 Å². The van der Waals surface area contributed by atoms with Gasteiger partial charge in [-0.1, -0.05) is 0 Å². The number of rotatable bonds is 6. The van der Waals surface area contributed by atoms with Gasteiger partial charge in [0.05, 0.1) is 6.33 Å². The van der Waals surface area contributed by atoms with E-state index in [0.29, 0.717) is 29.9 Å². The number of aliphatic hydroxyl groups excluding tert-OH is 1. The lowest BCUT2D eigenvalue weighted by atomic mass is 10.3. The van der Waals surface area contributed by atoms with Gasteiger partial charge in [0.25, 0.3) is 0 Å². The molecule has 0 bridgehead atoms. The van der Waals surface area contributed by atoms with Crippen molar-refractivity contribution in [2.45, 2.75) is 19.4 Å². The van der Waals surface area contributed by atoms with Crippen molar-refractivity contribution in [1.29, 1.82) is 0 Å². The van der Waals surface area contributed by atoms with E-state index in [2.05, 4.69) is 20.3 Å². The predicted molar refractivity (Wildman–Crippen MR) is 69.1 cm³/mol. The van der Waals surface area contributed by atoms with E-state index in [0.717, 1.165) is 6.42 Å². The van der Waals surface area contributed by atoms with Gasteiger partial charge in [0.15, 0.2) is 11.5 Å². The summed E-state index contributed by atoms with van der Waals surface area (Å²) in [4.78, 5) is 23.7. The standard InChI is InChI=1S/C11H16N6O2/c12-10-9-11(15-6-14-10)17(7-16-9)5-8(19)13-3-1-2-4-18/h6-7,18H,1-5H2,(H,13,19)(H2,12,14,15). The number of aliphatic hydroxyl groups is 1. The first-order valence-corrected chi connectivity index (χ1v) is 6.01. The number of imidazole rings is 1. The average molecular weight is 264 g/mol. The molecule has 102 valence electrons. The summed E-state index contributed by atoms with van der Waals surface area (Å²) in [6.07, 6.45) is 4.29. The van der Waals surface area contributed by atoms with Crippen molar-refractivity contribution in [1.82, 2.24) is 24.8 Å². The van der Waals surface area contributed by atoms with Gasteiger partial charge in [0.1, 0.15) is 18.4 Å². The number of carbonyl (C=O) groups excluding carboxylic acids is 1. The van der Waals surface area contributed by atoms with Crippen LogP contribution < -0.4 is 11.1 Å². The van der Waals surface area contributed by atoms with E-state index in [4.69, 9.17) is 10.8 Å². The SMILES string of the molecule is Nc1ncnc2c1ncn2CC(=O)NCCCCO. The van der Waals surface area contributed by atoms with Crippen LogP contribution >= 0.6 is 0 Å². The van der Waals surface area contributed by atoms with Crippen molar-refractivity contribution in [2.75, 3.05) is 18.9 Å². The average Bonchev–Trinajstić information content (AvgIpc) is 2.80. The van der Waals surface area contributed by atoms with Crippen molar-refractivity contribution < 1.29 is 9.90 Å². The molecule has 2 aromatic heterocycles. The number of anilines is 1. The lowest BCUT2D eigenvalue weighted by molar-refractivity contribution is -0.121. The van der Waals surface area contributed by atoms with E-state index in [1.54, 1.807) is 4.57 Å². The summed E-state index contributed by atoms with van der Waals surface area (Å²) >= 11 is 0. The lowest BCUT2D eigenvalue weighted by Crippen LogP contribution is -2.28. The number of aromatic nitrogens is 4. The zero-order valence-electron chi connectivity index (χ0n) is 10.4. The Bertz CT molecular complexity index is 567. The predicted octanol–water partition coefficient (Wildman–Crippen LogP) is -0.703. The molecule has 0 radical (unpaired) electrons. The summed E-state index contributed by atoms with van der Waals surface area (Å²) < 4.78 is 1.62. The molecule has 0 aliphatic carbocycles. The number of unbranched alkanes of at least 4 members (excludes halogenated alkanes) is 1. The molecule has 0 unspecified atom stereocenters. The molecular weight excluding hydrogens is 248 g/mol. The molecule has 2 heterocycles. The third-order valence-corrected chi connectivity index (χ3v) is 2.65. The number of amides is 1. The van der Waals surface area contributed by atoms with Gasteiger partial charge in [0, 0.05) is 13.2 Å². The summed E-state index contributed by atoms with van der Waals surface area (Å²) in [6, 6.07) is 0. The zero-order valence-corrected chi connectivity index (χ0v) is 10.4. The quantitative estimate of drug-likeness (QED) is 0.593. The number of carbonyl (C=O) groups is 1. The number of hydrogen-bond acceptors (Lipinski definition) is 6. The Hall–Kier alpha value is -2.22. The highest BCUT2D eigenvalue weighted by atomic mass is 16.2. The minimum atomic E-state index is -0.130. The number of nitrogens with one attached hydrogen (secondary N) is 1. The second-order valence-corrected chi connectivity index (χ2v) is 4.08. The molecule has 19 heavy (non-hydrogen) atoms. The Balaban J connectivity index is 1.98. The van der Waals surface area contributed by atoms with Crippen LogP contribution in [0.2, 0.25) is 0 Å². The molecule has 0 aliphatic heterocycles. The highest BCUT2D eigenvalue weighted by molar-refractivity contribution is 5.83. The van der Waals surface area contributed by atoms with E-state index in [-0.39, 0.29) is 19.1 Å². The van der Waals surface area contributed by atoms with Gasteiger partial charge in [-0.3, -0.25) is 4.79 Å². The van der Waals surface area contributed by atoms with Crippen LogP contribution in [0.1, 0.15) is 12.8 Å². The molecule has 2 aromatic rings. The van der Waals surface area contributed by atoms with Crippen LogP contribution in [-0.2, 0) is 11.3 Å². The monoisotopic (exact) mass is 264 g/mol. The highest BCUT2D eigenvalue weighted by Gasteiger charge is 2.10. The lowest BCUT2D eigenvalue weighted by Gasteiger charge is -2.05. The molecule has 0 aromatic carbocycles. The van der Waals surface area contributed by atoms with Crippen molar-refractivity contribution in [2.24, 2.45) is 0 Å². The summed E-state index contributed by atoms with van der Waals surface area (Å²) in [5.41, 5.74) is 6.70. The topological polar surface area (TPSA) is 119 Å². The molecular formula is C11H16N6O2. The molecule has 8 nitrogen and oxygen atoms in total. The summed E-state index contributed by atoms with van der Waals surface area (Å²) in [5.74, 6) is 0.168. The van der Waals surface area contributed by atoms with Gasteiger partial charge in [-0.2, -0.15) is 0 Å². The Labute approximate surface area is 109 Å². The molecule has 1 amide bonds.